The van der Waals surface area contributed by atoms with Gasteiger partial charge in [0.1, 0.15) is 0 Å². The molecule has 1 aliphatic rings. The van der Waals surface area contributed by atoms with E-state index in [1.807, 2.05) is 0 Å². The lowest BCUT2D eigenvalue weighted by Gasteiger charge is -2.03. The summed E-state index contributed by atoms with van der Waals surface area (Å²) in [5.74, 6) is 1.20. The molecule has 0 radical (unpaired) electrons. The highest BCUT2D eigenvalue weighted by molar-refractivity contribution is 5.55. The lowest BCUT2D eigenvalue weighted by Crippen LogP contribution is -2.06. The van der Waals surface area contributed by atoms with Crippen molar-refractivity contribution in [2.45, 2.75) is 18.9 Å². The quantitative estimate of drug-likeness (QED) is 0.649. The third-order valence-corrected chi connectivity index (χ3v) is 1.64. The van der Waals surface area contributed by atoms with Crippen LogP contribution in [0.2, 0.25) is 0 Å². The molecule has 0 aromatic carbocycles. The zero-order valence-electron chi connectivity index (χ0n) is 6.12. The molecular weight excluding hydrogens is 140 g/mol. The van der Waals surface area contributed by atoms with Gasteiger partial charge in [-0.3, -0.25) is 0 Å². The lowest BCUT2D eigenvalue weighted by molar-refractivity contribution is 1.09. The Bertz CT molecular complexity index is 256. The predicted octanol–water partition coefficient (Wildman–Crippen LogP) is 0.633. The number of nitrogen functional groups attached to an aromatic ring is 1. The first-order chi connectivity index (χ1) is 5.36. The molecule has 1 aliphatic carbocycles. The summed E-state index contributed by atoms with van der Waals surface area (Å²) in [7, 11) is 0. The maximum absolute atomic E-state index is 5.56. The van der Waals surface area contributed by atoms with Crippen LogP contribution in [0.4, 0.5) is 11.6 Å². The molecule has 1 saturated carbocycles. The van der Waals surface area contributed by atoms with Gasteiger partial charge in [-0.1, -0.05) is 0 Å². The smallest absolute Gasteiger partial charge is 0.169 e. The fourth-order valence-electron chi connectivity index (χ4n) is 0.881. The molecule has 1 fully saturated rings. The van der Waals surface area contributed by atoms with Crippen molar-refractivity contribution < 1.29 is 0 Å². The molecule has 3 N–H and O–H groups in total. The second kappa shape index (κ2) is 2.38. The summed E-state index contributed by atoms with van der Waals surface area (Å²) in [6, 6.07) is 0.578. The Morgan fingerprint density at radius 1 is 1.36 bits per heavy atom. The largest absolute Gasteiger partial charge is 0.381 e. The molecule has 2 rings (SSSR count). The van der Waals surface area contributed by atoms with Crippen LogP contribution in [0.1, 0.15) is 12.8 Å². The normalized spacial score (nSPS) is 16.4. The highest BCUT2D eigenvalue weighted by Crippen LogP contribution is 2.24. The molecule has 1 aromatic heterocycles. The molecule has 0 bridgehead atoms. The molecule has 0 saturated heterocycles. The van der Waals surface area contributed by atoms with E-state index in [0.29, 0.717) is 11.9 Å². The van der Waals surface area contributed by atoms with Crippen molar-refractivity contribution in [1.29, 1.82) is 0 Å². The van der Waals surface area contributed by atoms with Crippen LogP contribution in [0.3, 0.4) is 0 Å². The molecule has 0 amide bonds. The maximum Gasteiger partial charge on any atom is 0.169 e. The standard InChI is InChI=1S/C7H10N4/c8-6-7(10-4-3-9-6)11-5-1-2-5/h3-5H,1-2H2,(H2,8,9)(H,10,11). The van der Waals surface area contributed by atoms with Gasteiger partial charge in [0.15, 0.2) is 11.6 Å². The van der Waals surface area contributed by atoms with Crippen LogP contribution in [-0.4, -0.2) is 16.0 Å². The van der Waals surface area contributed by atoms with Crippen LogP contribution in [0, 0.1) is 0 Å². The van der Waals surface area contributed by atoms with Crippen LogP contribution in [-0.2, 0) is 0 Å². The predicted molar refractivity (Wildman–Crippen MR) is 43.1 cm³/mol. The van der Waals surface area contributed by atoms with Gasteiger partial charge in [0.25, 0.3) is 0 Å². The van der Waals surface area contributed by atoms with E-state index in [-0.39, 0.29) is 0 Å². The Kier molecular flexibility index (Phi) is 1.38. The average Bonchev–Trinajstić information content (AvgIpc) is 2.78. The molecule has 1 heterocycles. The van der Waals surface area contributed by atoms with E-state index in [1.165, 1.54) is 12.8 Å². The van der Waals surface area contributed by atoms with Gasteiger partial charge in [-0.25, -0.2) is 9.97 Å². The highest BCUT2D eigenvalue weighted by Gasteiger charge is 2.22. The zero-order chi connectivity index (χ0) is 7.68. The number of nitrogens with two attached hydrogens (primary N) is 1. The molecule has 0 spiro atoms. The minimum atomic E-state index is 0.486. The third-order valence-electron chi connectivity index (χ3n) is 1.64. The summed E-state index contributed by atoms with van der Waals surface area (Å²) >= 11 is 0. The van der Waals surface area contributed by atoms with Crippen LogP contribution >= 0.6 is 0 Å². The molecule has 0 atom stereocenters. The SMILES string of the molecule is Nc1nccnc1NC1CC1. The van der Waals surface area contributed by atoms with Crippen molar-refractivity contribution in [1.82, 2.24) is 9.97 Å². The van der Waals surface area contributed by atoms with E-state index in [1.54, 1.807) is 12.4 Å². The molecule has 0 aliphatic heterocycles. The van der Waals surface area contributed by atoms with Gasteiger partial charge in [-0.2, -0.15) is 0 Å². The second-order valence-corrected chi connectivity index (χ2v) is 2.71. The Balaban J connectivity index is 2.15. The molecule has 0 unspecified atom stereocenters. The third kappa shape index (κ3) is 1.39. The number of rotatable bonds is 2. The van der Waals surface area contributed by atoms with Gasteiger partial charge < -0.3 is 11.1 Å². The first-order valence-electron chi connectivity index (χ1n) is 3.69. The fourth-order valence-corrected chi connectivity index (χ4v) is 0.881. The minimum Gasteiger partial charge on any atom is -0.381 e. The molecule has 1 aromatic rings. The summed E-state index contributed by atoms with van der Waals surface area (Å²) in [6.45, 7) is 0. The number of anilines is 2. The number of nitrogens with one attached hydrogen (secondary N) is 1. The van der Waals surface area contributed by atoms with Gasteiger partial charge in [0.2, 0.25) is 0 Å². The molecule has 4 heteroatoms. The maximum atomic E-state index is 5.56. The fraction of sp³-hybridized carbons (Fsp3) is 0.429. The molecule has 11 heavy (non-hydrogen) atoms. The van der Waals surface area contributed by atoms with E-state index in [0.717, 1.165) is 5.82 Å². The molecule has 58 valence electrons. The van der Waals surface area contributed by atoms with Gasteiger partial charge >= 0.3 is 0 Å². The van der Waals surface area contributed by atoms with Gasteiger partial charge in [0, 0.05) is 18.4 Å². The van der Waals surface area contributed by atoms with Crippen LogP contribution in [0.5, 0.6) is 0 Å². The Labute approximate surface area is 64.8 Å². The first-order valence-corrected chi connectivity index (χ1v) is 3.69. The van der Waals surface area contributed by atoms with Crippen molar-refractivity contribution in [3.63, 3.8) is 0 Å². The lowest BCUT2D eigenvalue weighted by atomic mass is 10.5. The van der Waals surface area contributed by atoms with E-state index in [4.69, 9.17) is 5.73 Å². The summed E-state index contributed by atoms with van der Waals surface area (Å²) in [5.41, 5.74) is 5.56. The monoisotopic (exact) mass is 150 g/mol. The van der Waals surface area contributed by atoms with Crippen molar-refractivity contribution in [2.75, 3.05) is 11.1 Å². The Morgan fingerprint density at radius 2 is 2.09 bits per heavy atom. The zero-order valence-corrected chi connectivity index (χ0v) is 6.12. The molecular formula is C7H10N4. The second-order valence-electron chi connectivity index (χ2n) is 2.71. The highest BCUT2D eigenvalue weighted by atomic mass is 15.1. The van der Waals surface area contributed by atoms with Crippen molar-refractivity contribution >= 4 is 11.6 Å². The first kappa shape index (κ1) is 6.39. The van der Waals surface area contributed by atoms with E-state index in [2.05, 4.69) is 15.3 Å². The van der Waals surface area contributed by atoms with Crippen LogP contribution < -0.4 is 11.1 Å². The number of hydrogen-bond acceptors (Lipinski definition) is 4. The van der Waals surface area contributed by atoms with Gasteiger partial charge in [-0.15, -0.1) is 0 Å². The average molecular weight is 150 g/mol. The van der Waals surface area contributed by atoms with Gasteiger partial charge in [-0.05, 0) is 12.8 Å². The van der Waals surface area contributed by atoms with E-state index >= 15 is 0 Å². The van der Waals surface area contributed by atoms with Crippen molar-refractivity contribution in [2.24, 2.45) is 0 Å². The topological polar surface area (TPSA) is 63.8 Å². The summed E-state index contributed by atoms with van der Waals surface area (Å²) in [4.78, 5) is 7.97. The Morgan fingerprint density at radius 3 is 2.73 bits per heavy atom. The van der Waals surface area contributed by atoms with Crippen molar-refractivity contribution in [3.05, 3.63) is 12.4 Å². The summed E-state index contributed by atoms with van der Waals surface area (Å²) < 4.78 is 0. The van der Waals surface area contributed by atoms with E-state index < -0.39 is 0 Å². The number of hydrogen-bond donors (Lipinski definition) is 2. The summed E-state index contributed by atoms with van der Waals surface area (Å²) in [5, 5.41) is 3.19. The van der Waals surface area contributed by atoms with Crippen molar-refractivity contribution in [3.8, 4) is 0 Å². The van der Waals surface area contributed by atoms with Crippen LogP contribution in [0.15, 0.2) is 12.4 Å². The summed E-state index contributed by atoms with van der Waals surface area (Å²) in [6.07, 6.45) is 5.67. The van der Waals surface area contributed by atoms with Gasteiger partial charge in [0.05, 0.1) is 0 Å². The Hall–Kier alpha value is -1.32. The van der Waals surface area contributed by atoms with E-state index in [9.17, 15) is 0 Å². The van der Waals surface area contributed by atoms with Crippen LogP contribution in [0.25, 0.3) is 0 Å². The minimum absolute atomic E-state index is 0.486. The number of nitrogens with zero attached hydrogens (tertiary/aromatic N) is 2. The number of aromatic nitrogens is 2. The molecule has 4 nitrogen and oxygen atoms in total.